The van der Waals surface area contributed by atoms with Crippen molar-refractivity contribution < 1.29 is 4.39 Å². The molecular formula is C15H18BrFN4. The van der Waals surface area contributed by atoms with Crippen molar-refractivity contribution in [1.29, 1.82) is 0 Å². The molecule has 0 saturated heterocycles. The second-order valence-corrected chi connectivity index (χ2v) is 6.42. The van der Waals surface area contributed by atoms with Crippen LogP contribution in [0.15, 0.2) is 28.7 Å². The lowest BCUT2D eigenvalue weighted by atomic mass is 10.1. The van der Waals surface area contributed by atoms with Crippen molar-refractivity contribution in [2.45, 2.75) is 20.0 Å². The molecule has 0 spiro atoms. The third-order valence-corrected chi connectivity index (χ3v) is 4.05. The molecule has 0 bridgehead atoms. The molecule has 1 aromatic carbocycles. The van der Waals surface area contributed by atoms with Gasteiger partial charge in [0.05, 0.1) is 5.69 Å². The van der Waals surface area contributed by atoms with Gasteiger partial charge in [0, 0.05) is 42.6 Å². The number of aryl methyl sites for hydroxylation is 1. The molecule has 0 amide bonds. The topological polar surface area (TPSA) is 41.9 Å². The second-order valence-electron chi connectivity index (χ2n) is 5.51. The Morgan fingerprint density at radius 1 is 1.43 bits per heavy atom. The highest BCUT2D eigenvalue weighted by molar-refractivity contribution is 9.10. The second kappa shape index (κ2) is 6.15. The Morgan fingerprint density at radius 3 is 3.10 bits per heavy atom. The summed E-state index contributed by atoms with van der Waals surface area (Å²) in [7, 11) is 0. The van der Waals surface area contributed by atoms with Crippen LogP contribution in [0, 0.1) is 18.7 Å². The predicted octanol–water partition coefficient (Wildman–Crippen LogP) is 2.92. The van der Waals surface area contributed by atoms with Gasteiger partial charge in [-0.2, -0.15) is 5.10 Å². The SMILES string of the molecule is Cc1cc2n(n1)CC(CNCc1cc(F)cc(Br)c1)CN2. The fourth-order valence-corrected chi connectivity index (χ4v) is 3.17. The maximum Gasteiger partial charge on any atom is 0.124 e. The molecule has 1 aromatic heterocycles. The Morgan fingerprint density at radius 2 is 2.29 bits per heavy atom. The summed E-state index contributed by atoms with van der Waals surface area (Å²) in [5.74, 6) is 1.36. The van der Waals surface area contributed by atoms with Crippen molar-refractivity contribution in [3.63, 3.8) is 0 Å². The van der Waals surface area contributed by atoms with E-state index in [-0.39, 0.29) is 5.82 Å². The van der Waals surface area contributed by atoms with Crippen molar-refractivity contribution in [2.75, 3.05) is 18.4 Å². The monoisotopic (exact) mass is 352 g/mol. The molecular weight excluding hydrogens is 335 g/mol. The zero-order chi connectivity index (χ0) is 14.8. The number of rotatable bonds is 4. The van der Waals surface area contributed by atoms with Crippen LogP contribution in [0.4, 0.5) is 10.2 Å². The van der Waals surface area contributed by atoms with E-state index >= 15 is 0 Å². The molecule has 0 aliphatic carbocycles. The lowest BCUT2D eigenvalue weighted by molar-refractivity contribution is 0.390. The van der Waals surface area contributed by atoms with Crippen LogP contribution in [0.5, 0.6) is 0 Å². The number of benzene rings is 1. The molecule has 2 N–H and O–H groups in total. The Balaban J connectivity index is 1.52. The summed E-state index contributed by atoms with van der Waals surface area (Å²) in [4.78, 5) is 0. The van der Waals surface area contributed by atoms with E-state index in [0.29, 0.717) is 12.5 Å². The summed E-state index contributed by atoms with van der Waals surface area (Å²) in [6.45, 7) is 5.39. The molecule has 0 radical (unpaired) electrons. The van der Waals surface area contributed by atoms with Crippen LogP contribution in [-0.2, 0) is 13.1 Å². The first-order valence-electron chi connectivity index (χ1n) is 7.04. The van der Waals surface area contributed by atoms with E-state index in [1.54, 1.807) is 6.07 Å². The van der Waals surface area contributed by atoms with E-state index in [9.17, 15) is 4.39 Å². The minimum atomic E-state index is -0.211. The first-order chi connectivity index (χ1) is 10.1. The number of hydrogen-bond donors (Lipinski definition) is 2. The van der Waals surface area contributed by atoms with Crippen LogP contribution in [0.2, 0.25) is 0 Å². The van der Waals surface area contributed by atoms with Gasteiger partial charge < -0.3 is 10.6 Å². The van der Waals surface area contributed by atoms with Gasteiger partial charge >= 0.3 is 0 Å². The van der Waals surface area contributed by atoms with Crippen molar-refractivity contribution in [2.24, 2.45) is 5.92 Å². The van der Waals surface area contributed by atoms with E-state index in [2.05, 4.69) is 37.7 Å². The molecule has 2 heterocycles. The van der Waals surface area contributed by atoms with Crippen LogP contribution in [-0.4, -0.2) is 22.9 Å². The largest absolute Gasteiger partial charge is 0.370 e. The number of hydrogen-bond acceptors (Lipinski definition) is 3. The number of anilines is 1. The maximum absolute atomic E-state index is 13.3. The number of fused-ring (bicyclic) bond motifs is 1. The fourth-order valence-electron chi connectivity index (χ4n) is 2.66. The van der Waals surface area contributed by atoms with Gasteiger partial charge in [-0.05, 0) is 30.7 Å². The van der Waals surface area contributed by atoms with Crippen molar-refractivity contribution in [1.82, 2.24) is 15.1 Å². The number of nitrogens with zero attached hydrogens (tertiary/aromatic N) is 2. The number of nitrogens with one attached hydrogen (secondary N) is 2. The van der Waals surface area contributed by atoms with Gasteiger partial charge in [-0.15, -0.1) is 0 Å². The molecule has 1 aliphatic rings. The maximum atomic E-state index is 13.3. The van der Waals surface area contributed by atoms with Gasteiger partial charge in [-0.3, -0.25) is 0 Å². The molecule has 21 heavy (non-hydrogen) atoms. The highest BCUT2D eigenvalue weighted by atomic mass is 79.9. The summed E-state index contributed by atoms with van der Waals surface area (Å²) in [5.41, 5.74) is 1.98. The number of aromatic nitrogens is 2. The summed E-state index contributed by atoms with van der Waals surface area (Å²) in [6, 6.07) is 7.03. The first kappa shape index (κ1) is 14.5. The van der Waals surface area contributed by atoms with E-state index in [1.165, 1.54) is 6.07 Å². The molecule has 0 saturated carbocycles. The highest BCUT2D eigenvalue weighted by Crippen LogP contribution is 2.18. The van der Waals surface area contributed by atoms with Gasteiger partial charge in [0.2, 0.25) is 0 Å². The summed E-state index contributed by atoms with van der Waals surface area (Å²) in [5, 5.41) is 11.2. The molecule has 1 aliphatic heterocycles. The first-order valence-corrected chi connectivity index (χ1v) is 7.83. The van der Waals surface area contributed by atoms with Crippen LogP contribution in [0.3, 0.4) is 0 Å². The molecule has 2 aromatic rings. The van der Waals surface area contributed by atoms with Crippen molar-refractivity contribution >= 4 is 21.7 Å². The minimum Gasteiger partial charge on any atom is -0.370 e. The van der Waals surface area contributed by atoms with Gasteiger partial charge in [-0.1, -0.05) is 15.9 Å². The highest BCUT2D eigenvalue weighted by Gasteiger charge is 2.18. The Hall–Kier alpha value is -1.40. The van der Waals surface area contributed by atoms with E-state index in [1.807, 2.05) is 17.7 Å². The summed E-state index contributed by atoms with van der Waals surface area (Å²) >= 11 is 3.31. The molecule has 0 fully saturated rings. The van der Waals surface area contributed by atoms with Gasteiger partial charge in [0.1, 0.15) is 11.6 Å². The van der Waals surface area contributed by atoms with E-state index in [0.717, 1.165) is 41.2 Å². The van der Waals surface area contributed by atoms with Gasteiger partial charge in [-0.25, -0.2) is 9.07 Å². The summed E-state index contributed by atoms with van der Waals surface area (Å²) < 4.78 is 16.1. The molecule has 3 rings (SSSR count). The standard InChI is InChI=1S/C15H18BrFN4/c1-10-2-15-19-8-12(9-21(15)20-10)7-18-6-11-3-13(16)5-14(17)4-11/h2-5,12,18-19H,6-9H2,1H3. The predicted molar refractivity (Wildman–Crippen MR) is 84.8 cm³/mol. The Bertz CT molecular complexity index is 620. The van der Waals surface area contributed by atoms with Gasteiger partial charge in [0.25, 0.3) is 0 Å². The zero-order valence-electron chi connectivity index (χ0n) is 11.9. The Labute approximate surface area is 131 Å². The van der Waals surface area contributed by atoms with Crippen LogP contribution >= 0.6 is 15.9 Å². The molecule has 6 heteroatoms. The molecule has 1 atom stereocenters. The Kier molecular flexibility index (Phi) is 4.26. The quantitative estimate of drug-likeness (QED) is 0.888. The van der Waals surface area contributed by atoms with E-state index in [4.69, 9.17) is 0 Å². The average molecular weight is 353 g/mol. The smallest absolute Gasteiger partial charge is 0.124 e. The van der Waals surface area contributed by atoms with Crippen molar-refractivity contribution in [3.05, 3.63) is 45.8 Å². The summed E-state index contributed by atoms with van der Waals surface area (Å²) in [6.07, 6.45) is 0. The number of halogens is 2. The van der Waals surface area contributed by atoms with Gasteiger partial charge in [0.15, 0.2) is 0 Å². The van der Waals surface area contributed by atoms with Crippen molar-refractivity contribution in [3.8, 4) is 0 Å². The third-order valence-electron chi connectivity index (χ3n) is 3.59. The van der Waals surface area contributed by atoms with Crippen LogP contribution in [0.25, 0.3) is 0 Å². The molecule has 112 valence electrons. The molecule has 4 nitrogen and oxygen atoms in total. The third kappa shape index (κ3) is 3.63. The lowest BCUT2D eigenvalue weighted by Crippen LogP contribution is -2.35. The lowest BCUT2D eigenvalue weighted by Gasteiger charge is -2.25. The zero-order valence-corrected chi connectivity index (χ0v) is 13.5. The normalized spacial score (nSPS) is 17.4. The van der Waals surface area contributed by atoms with E-state index < -0.39 is 0 Å². The minimum absolute atomic E-state index is 0.211. The van der Waals surface area contributed by atoms with Crippen LogP contribution in [0.1, 0.15) is 11.3 Å². The average Bonchev–Trinajstić information content (AvgIpc) is 2.77. The fraction of sp³-hybridized carbons (Fsp3) is 0.400. The van der Waals surface area contributed by atoms with Crippen LogP contribution < -0.4 is 10.6 Å². The molecule has 1 unspecified atom stereocenters.